The summed E-state index contributed by atoms with van der Waals surface area (Å²) in [5.41, 5.74) is 2.36. The first-order valence-electron chi connectivity index (χ1n) is 5.77. The van der Waals surface area contributed by atoms with Crippen LogP contribution in [0.3, 0.4) is 0 Å². The second kappa shape index (κ2) is 4.89. The monoisotopic (exact) mass is 216 g/mol. The third kappa shape index (κ3) is 2.11. The van der Waals surface area contributed by atoms with Crippen molar-refractivity contribution in [2.75, 3.05) is 11.9 Å². The minimum absolute atomic E-state index is 0.352. The van der Waals surface area contributed by atoms with Crippen molar-refractivity contribution < 1.29 is 4.74 Å². The van der Waals surface area contributed by atoms with Crippen molar-refractivity contribution in [2.45, 2.75) is 32.3 Å². The SMILES string of the molecule is CCC(C#N)Oc1cccc2c1NCCC2. The average Bonchev–Trinajstić information content (AvgIpc) is 2.36. The number of para-hydroxylation sites is 1. The van der Waals surface area contributed by atoms with E-state index in [1.165, 1.54) is 5.56 Å². The number of rotatable bonds is 3. The topological polar surface area (TPSA) is 45.0 Å². The lowest BCUT2D eigenvalue weighted by molar-refractivity contribution is 0.253. The Morgan fingerprint density at radius 2 is 2.44 bits per heavy atom. The smallest absolute Gasteiger partial charge is 0.184 e. The van der Waals surface area contributed by atoms with Crippen LogP contribution in [-0.4, -0.2) is 12.6 Å². The van der Waals surface area contributed by atoms with E-state index in [1.807, 2.05) is 19.1 Å². The number of fused-ring (bicyclic) bond motifs is 1. The van der Waals surface area contributed by atoms with Gasteiger partial charge in [-0.25, -0.2) is 0 Å². The first kappa shape index (κ1) is 10.8. The van der Waals surface area contributed by atoms with Gasteiger partial charge in [0.1, 0.15) is 11.8 Å². The summed E-state index contributed by atoms with van der Waals surface area (Å²) < 4.78 is 5.69. The highest BCUT2D eigenvalue weighted by molar-refractivity contribution is 5.63. The molecule has 2 rings (SSSR count). The van der Waals surface area contributed by atoms with Crippen molar-refractivity contribution in [3.63, 3.8) is 0 Å². The van der Waals surface area contributed by atoms with Crippen molar-refractivity contribution >= 4 is 5.69 Å². The molecule has 16 heavy (non-hydrogen) atoms. The van der Waals surface area contributed by atoms with Gasteiger partial charge in [0, 0.05) is 6.54 Å². The van der Waals surface area contributed by atoms with Crippen molar-refractivity contribution in [1.82, 2.24) is 0 Å². The Morgan fingerprint density at radius 1 is 1.56 bits per heavy atom. The predicted octanol–water partition coefficient (Wildman–Crippen LogP) is 2.73. The van der Waals surface area contributed by atoms with Crippen LogP contribution in [0.25, 0.3) is 0 Å². The first-order valence-corrected chi connectivity index (χ1v) is 5.77. The molecule has 3 heteroatoms. The molecule has 1 aromatic rings. The van der Waals surface area contributed by atoms with Crippen LogP contribution >= 0.6 is 0 Å². The zero-order valence-electron chi connectivity index (χ0n) is 9.49. The summed E-state index contributed by atoms with van der Waals surface area (Å²) >= 11 is 0. The minimum Gasteiger partial charge on any atom is -0.473 e. The van der Waals surface area contributed by atoms with E-state index in [9.17, 15) is 0 Å². The zero-order valence-corrected chi connectivity index (χ0v) is 9.49. The van der Waals surface area contributed by atoms with Crippen LogP contribution in [0.1, 0.15) is 25.3 Å². The maximum Gasteiger partial charge on any atom is 0.184 e. The molecular weight excluding hydrogens is 200 g/mol. The standard InChI is InChI=1S/C13H16N2O/c1-2-11(9-14)16-12-7-3-5-10-6-4-8-15-13(10)12/h3,5,7,11,15H,2,4,6,8H2,1H3. The summed E-state index contributed by atoms with van der Waals surface area (Å²) in [6, 6.07) is 8.19. The van der Waals surface area contributed by atoms with Crippen molar-refractivity contribution in [3.8, 4) is 11.8 Å². The molecule has 1 aliphatic heterocycles. The molecular formula is C13H16N2O. The van der Waals surface area contributed by atoms with Gasteiger partial charge in [-0.15, -0.1) is 0 Å². The van der Waals surface area contributed by atoms with Gasteiger partial charge in [-0.05, 0) is 30.9 Å². The minimum atomic E-state index is -0.352. The number of anilines is 1. The molecule has 1 unspecified atom stereocenters. The Hall–Kier alpha value is -1.69. The Bertz CT molecular complexity index is 409. The molecule has 1 heterocycles. The average molecular weight is 216 g/mol. The molecule has 0 fully saturated rings. The van der Waals surface area contributed by atoms with E-state index in [-0.39, 0.29) is 6.10 Å². The van der Waals surface area contributed by atoms with E-state index in [0.717, 1.165) is 30.8 Å². The van der Waals surface area contributed by atoms with Crippen molar-refractivity contribution in [2.24, 2.45) is 0 Å². The highest BCUT2D eigenvalue weighted by Gasteiger charge is 2.15. The van der Waals surface area contributed by atoms with Gasteiger partial charge in [0.2, 0.25) is 0 Å². The van der Waals surface area contributed by atoms with Gasteiger partial charge >= 0.3 is 0 Å². The summed E-state index contributed by atoms with van der Waals surface area (Å²) in [7, 11) is 0. The lowest BCUT2D eigenvalue weighted by atomic mass is 10.0. The van der Waals surface area contributed by atoms with E-state index in [2.05, 4.69) is 17.5 Å². The van der Waals surface area contributed by atoms with E-state index >= 15 is 0 Å². The molecule has 0 amide bonds. The first-order chi connectivity index (χ1) is 7.85. The third-order valence-electron chi connectivity index (χ3n) is 2.82. The number of nitrogens with one attached hydrogen (secondary N) is 1. The molecule has 0 aliphatic carbocycles. The van der Waals surface area contributed by atoms with Gasteiger partial charge in [-0.3, -0.25) is 0 Å². The molecule has 3 nitrogen and oxygen atoms in total. The summed E-state index contributed by atoms with van der Waals surface area (Å²) in [5.74, 6) is 0.811. The molecule has 1 aromatic carbocycles. The summed E-state index contributed by atoms with van der Waals surface area (Å²) in [6.07, 6.45) is 2.60. The molecule has 1 N–H and O–H groups in total. The summed E-state index contributed by atoms with van der Waals surface area (Å²) in [4.78, 5) is 0. The molecule has 0 aromatic heterocycles. The molecule has 0 saturated heterocycles. The van der Waals surface area contributed by atoms with Crippen LogP contribution in [-0.2, 0) is 6.42 Å². The normalized spacial score (nSPS) is 15.5. The lowest BCUT2D eigenvalue weighted by Crippen LogP contribution is -2.17. The predicted molar refractivity (Wildman–Crippen MR) is 63.6 cm³/mol. The fourth-order valence-corrected chi connectivity index (χ4v) is 1.93. The second-order valence-corrected chi connectivity index (χ2v) is 3.96. The third-order valence-corrected chi connectivity index (χ3v) is 2.82. The number of hydrogen-bond acceptors (Lipinski definition) is 3. The van der Waals surface area contributed by atoms with Crippen LogP contribution in [0.15, 0.2) is 18.2 Å². The largest absolute Gasteiger partial charge is 0.473 e. The fraction of sp³-hybridized carbons (Fsp3) is 0.462. The number of benzene rings is 1. The highest BCUT2D eigenvalue weighted by Crippen LogP contribution is 2.32. The highest BCUT2D eigenvalue weighted by atomic mass is 16.5. The molecule has 1 aliphatic rings. The molecule has 1 atom stereocenters. The molecule has 0 radical (unpaired) electrons. The summed E-state index contributed by atoms with van der Waals surface area (Å²) in [6.45, 7) is 2.94. The van der Waals surface area contributed by atoms with Gasteiger partial charge < -0.3 is 10.1 Å². The quantitative estimate of drug-likeness (QED) is 0.845. The number of nitriles is 1. The summed E-state index contributed by atoms with van der Waals surface area (Å²) in [5, 5.41) is 12.2. The van der Waals surface area contributed by atoms with Gasteiger partial charge in [0.15, 0.2) is 6.10 Å². The van der Waals surface area contributed by atoms with E-state index < -0.39 is 0 Å². The molecule has 0 spiro atoms. The Balaban J connectivity index is 2.24. The number of ether oxygens (including phenoxy) is 1. The molecule has 84 valence electrons. The van der Waals surface area contributed by atoms with Gasteiger partial charge in [-0.2, -0.15) is 5.26 Å². The van der Waals surface area contributed by atoms with Crippen molar-refractivity contribution in [1.29, 1.82) is 5.26 Å². The maximum absolute atomic E-state index is 8.90. The van der Waals surface area contributed by atoms with Gasteiger partial charge in [0.05, 0.1) is 5.69 Å². The van der Waals surface area contributed by atoms with Crippen LogP contribution in [0, 0.1) is 11.3 Å². The fourth-order valence-electron chi connectivity index (χ4n) is 1.93. The number of nitrogens with zero attached hydrogens (tertiary/aromatic N) is 1. The zero-order chi connectivity index (χ0) is 11.4. The maximum atomic E-state index is 8.90. The lowest BCUT2D eigenvalue weighted by Gasteiger charge is -2.22. The molecule has 0 bridgehead atoms. The van der Waals surface area contributed by atoms with E-state index in [1.54, 1.807) is 0 Å². The second-order valence-electron chi connectivity index (χ2n) is 3.96. The van der Waals surface area contributed by atoms with Crippen LogP contribution in [0.2, 0.25) is 0 Å². The number of aryl methyl sites for hydroxylation is 1. The van der Waals surface area contributed by atoms with Gasteiger partial charge in [-0.1, -0.05) is 19.1 Å². The van der Waals surface area contributed by atoms with E-state index in [4.69, 9.17) is 10.00 Å². The van der Waals surface area contributed by atoms with Crippen molar-refractivity contribution in [3.05, 3.63) is 23.8 Å². The number of hydrogen-bond donors (Lipinski definition) is 1. The van der Waals surface area contributed by atoms with Crippen LogP contribution < -0.4 is 10.1 Å². The van der Waals surface area contributed by atoms with Gasteiger partial charge in [0.25, 0.3) is 0 Å². The molecule has 0 saturated carbocycles. The Morgan fingerprint density at radius 3 is 3.19 bits per heavy atom. The Labute approximate surface area is 96.0 Å². The Kier molecular flexibility index (Phi) is 3.31. The van der Waals surface area contributed by atoms with Crippen LogP contribution in [0.4, 0.5) is 5.69 Å². The van der Waals surface area contributed by atoms with Crippen LogP contribution in [0.5, 0.6) is 5.75 Å². The van der Waals surface area contributed by atoms with E-state index in [0.29, 0.717) is 6.42 Å².